The molecule has 0 saturated carbocycles. The predicted octanol–water partition coefficient (Wildman–Crippen LogP) is 4.15. The summed E-state index contributed by atoms with van der Waals surface area (Å²) < 4.78 is 0. The number of H-pyrrole nitrogens is 1. The van der Waals surface area contributed by atoms with Gasteiger partial charge in [-0.1, -0.05) is 24.3 Å². The van der Waals surface area contributed by atoms with Crippen LogP contribution in [0.5, 0.6) is 0 Å². The number of carbonyl (C=O) groups excluding carboxylic acids is 1. The number of carbonyl (C=O) groups is 1. The van der Waals surface area contributed by atoms with Gasteiger partial charge < -0.3 is 15.6 Å². The molecule has 3 aromatic rings. The molecule has 0 fully saturated rings. The summed E-state index contributed by atoms with van der Waals surface area (Å²) in [6, 6.07) is 15.8. The van der Waals surface area contributed by atoms with Crippen molar-refractivity contribution in [3.63, 3.8) is 0 Å². The van der Waals surface area contributed by atoms with Crippen LogP contribution in [0.3, 0.4) is 0 Å². The monoisotopic (exact) mass is 321 g/mol. The Morgan fingerprint density at radius 2 is 1.88 bits per heavy atom. The van der Waals surface area contributed by atoms with Crippen molar-refractivity contribution in [1.82, 2.24) is 10.3 Å². The minimum Gasteiger partial charge on any atom is -0.374 e. The fourth-order valence-corrected chi connectivity index (χ4v) is 2.95. The zero-order valence-corrected chi connectivity index (χ0v) is 14.3. The van der Waals surface area contributed by atoms with Crippen molar-refractivity contribution in [3.05, 3.63) is 65.9 Å². The molecule has 0 unspecified atom stereocenters. The van der Waals surface area contributed by atoms with Gasteiger partial charge in [0, 0.05) is 22.8 Å². The molecule has 3 N–H and O–H groups in total. The number of fused-ring (bicyclic) bond motifs is 1. The van der Waals surface area contributed by atoms with Gasteiger partial charge in [0.1, 0.15) is 6.04 Å². The van der Waals surface area contributed by atoms with E-state index < -0.39 is 0 Å². The number of hydrogen-bond donors (Lipinski definition) is 3. The van der Waals surface area contributed by atoms with Crippen LogP contribution in [-0.4, -0.2) is 16.9 Å². The highest BCUT2D eigenvalue weighted by Crippen LogP contribution is 2.19. The molecule has 1 heterocycles. The van der Waals surface area contributed by atoms with Crippen molar-refractivity contribution in [2.24, 2.45) is 0 Å². The van der Waals surface area contributed by atoms with Gasteiger partial charge in [0.2, 0.25) is 5.91 Å². The Morgan fingerprint density at radius 3 is 2.67 bits per heavy atom. The van der Waals surface area contributed by atoms with Gasteiger partial charge in [-0.15, -0.1) is 0 Å². The van der Waals surface area contributed by atoms with E-state index in [2.05, 4.69) is 34.7 Å². The molecule has 4 heteroatoms. The average Bonchev–Trinajstić information content (AvgIpc) is 3.02. The number of hydrogen-bond acceptors (Lipinski definition) is 2. The van der Waals surface area contributed by atoms with E-state index >= 15 is 0 Å². The highest BCUT2D eigenvalue weighted by molar-refractivity contribution is 5.87. The molecule has 0 aliphatic rings. The van der Waals surface area contributed by atoms with Gasteiger partial charge in [-0.3, -0.25) is 4.79 Å². The van der Waals surface area contributed by atoms with Crippen LogP contribution in [-0.2, 0) is 4.79 Å². The fraction of sp³-hybridized carbons (Fsp3) is 0.250. The van der Waals surface area contributed by atoms with E-state index in [0.717, 1.165) is 22.2 Å². The predicted molar refractivity (Wildman–Crippen MR) is 99.1 cm³/mol. The maximum Gasteiger partial charge on any atom is 0.242 e. The Morgan fingerprint density at radius 1 is 1.08 bits per heavy atom. The molecule has 0 bridgehead atoms. The Balaban J connectivity index is 1.65. The lowest BCUT2D eigenvalue weighted by atomic mass is 10.0. The number of aryl methyl sites for hydroxylation is 1. The number of amides is 1. The molecule has 1 aromatic heterocycles. The Bertz CT molecular complexity index is 853. The van der Waals surface area contributed by atoms with E-state index in [4.69, 9.17) is 0 Å². The quantitative estimate of drug-likeness (QED) is 0.661. The van der Waals surface area contributed by atoms with E-state index in [1.807, 2.05) is 56.4 Å². The van der Waals surface area contributed by atoms with Crippen LogP contribution in [0.25, 0.3) is 10.9 Å². The molecule has 3 rings (SSSR count). The lowest BCUT2D eigenvalue weighted by molar-refractivity contribution is -0.122. The van der Waals surface area contributed by atoms with Crippen molar-refractivity contribution in [2.75, 3.05) is 5.32 Å². The largest absolute Gasteiger partial charge is 0.374 e. The first-order valence-electron chi connectivity index (χ1n) is 8.24. The Hall–Kier alpha value is -2.75. The first kappa shape index (κ1) is 16.1. The minimum absolute atomic E-state index is 0.0140. The van der Waals surface area contributed by atoms with Gasteiger partial charge in [0.25, 0.3) is 0 Å². The lowest BCUT2D eigenvalue weighted by Crippen LogP contribution is -2.39. The summed E-state index contributed by atoms with van der Waals surface area (Å²) in [5, 5.41) is 7.48. The summed E-state index contributed by atoms with van der Waals surface area (Å²) in [6.07, 6.45) is 1.91. The molecule has 0 spiro atoms. The number of nitrogens with one attached hydrogen (secondary N) is 3. The van der Waals surface area contributed by atoms with Crippen LogP contribution in [0.2, 0.25) is 0 Å². The van der Waals surface area contributed by atoms with Crippen molar-refractivity contribution in [2.45, 2.75) is 32.9 Å². The summed E-state index contributed by atoms with van der Waals surface area (Å²) in [4.78, 5) is 15.6. The fourth-order valence-electron chi connectivity index (χ4n) is 2.95. The molecule has 0 radical (unpaired) electrons. The second-order valence-electron chi connectivity index (χ2n) is 6.23. The van der Waals surface area contributed by atoms with Crippen LogP contribution in [0.4, 0.5) is 5.69 Å². The summed E-state index contributed by atoms with van der Waals surface area (Å²) in [6.45, 7) is 5.95. The minimum atomic E-state index is -0.312. The highest BCUT2D eigenvalue weighted by Gasteiger charge is 2.17. The third kappa shape index (κ3) is 3.43. The van der Waals surface area contributed by atoms with Crippen LogP contribution in [0.1, 0.15) is 31.0 Å². The molecular formula is C20H23N3O. The van der Waals surface area contributed by atoms with Crippen LogP contribution >= 0.6 is 0 Å². The smallest absolute Gasteiger partial charge is 0.242 e. The van der Waals surface area contributed by atoms with Crippen molar-refractivity contribution in [3.8, 4) is 0 Å². The first-order chi connectivity index (χ1) is 11.5. The second kappa shape index (κ2) is 6.79. The second-order valence-corrected chi connectivity index (χ2v) is 6.23. The third-order valence-electron chi connectivity index (χ3n) is 4.34. The van der Waals surface area contributed by atoms with Crippen molar-refractivity contribution >= 4 is 22.5 Å². The van der Waals surface area contributed by atoms with E-state index in [-0.39, 0.29) is 18.0 Å². The van der Waals surface area contributed by atoms with Crippen molar-refractivity contribution in [1.29, 1.82) is 0 Å². The Labute approximate surface area is 142 Å². The normalized spacial score (nSPS) is 13.5. The molecule has 1 amide bonds. The van der Waals surface area contributed by atoms with Gasteiger partial charge in [-0.25, -0.2) is 0 Å². The maximum absolute atomic E-state index is 12.5. The van der Waals surface area contributed by atoms with Crippen LogP contribution in [0, 0.1) is 6.92 Å². The summed E-state index contributed by atoms with van der Waals surface area (Å²) in [5.41, 5.74) is 4.36. The van der Waals surface area contributed by atoms with E-state index in [9.17, 15) is 4.79 Å². The SMILES string of the molecule is Cc1ccccc1[C@@H](C)NC(=O)[C@H](C)Nc1ccc2[nH]ccc2c1. The summed E-state index contributed by atoms with van der Waals surface area (Å²) >= 11 is 0. The molecule has 2 atom stereocenters. The number of anilines is 1. The molecule has 124 valence electrons. The summed E-state index contributed by atoms with van der Waals surface area (Å²) in [7, 11) is 0. The average molecular weight is 321 g/mol. The molecular weight excluding hydrogens is 298 g/mol. The van der Waals surface area contributed by atoms with Gasteiger partial charge in [-0.2, -0.15) is 0 Å². The molecule has 0 aliphatic heterocycles. The maximum atomic E-state index is 12.5. The van der Waals surface area contributed by atoms with E-state index in [1.54, 1.807) is 0 Å². The summed E-state index contributed by atoms with van der Waals surface area (Å²) in [5.74, 6) is -0.0140. The number of aromatic amines is 1. The number of benzene rings is 2. The zero-order valence-electron chi connectivity index (χ0n) is 14.3. The number of aromatic nitrogens is 1. The van der Waals surface area contributed by atoms with E-state index in [1.165, 1.54) is 5.56 Å². The van der Waals surface area contributed by atoms with Gasteiger partial charge in [-0.05, 0) is 56.2 Å². The molecule has 2 aromatic carbocycles. The Kier molecular flexibility index (Phi) is 4.56. The molecule has 0 saturated heterocycles. The molecule has 4 nitrogen and oxygen atoms in total. The first-order valence-corrected chi connectivity index (χ1v) is 8.24. The van der Waals surface area contributed by atoms with Crippen molar-refractivity contribution < 1.29 is 4.79 Å². The lowest BCUT2D eigenvalue weighted by Gasteiger charge is -2.20. The van der Waals surface area contributed by atoms with Gasteiger partial charge in [0.15, 0.2) is 0 Å². The zero-order chi connectivity index (χ0) is 17.1. The molecule has 0 aliphatic carbocycles. The van der Waals surface area contributed by atoms with Gasteiger partial charge >= 0.3 is 0 Å². The topological polar surface area (TPSA) is 56.9 Å². The van der Waals surface area contributed by atoms with Gasteiger partial charge in [0.05, 0.1) is 6.04 Å². The third-order valence-corrected chi connectivity index (χ3v) is 4.34. The van der Waals surface area contributed by atoms with Crippen LogP contribution in [0.15, 0.2) is 54.7 Å². The standard InChI is InChI=1S/C20H23N3O/c1-13-6-4-5-7-18(13)14(2)23-20(24)15(3)22-17-8-9-19-16(12-17)10-11-21-19/h4-12,14-15,21-22H,1-3H3,(H,23,24)/t14-,15+/m1/s1. The highest BCUT2D eigenvalue weighted by atomic mass is 16.2. The van der Waals surface area contributed by atoms with E-state index in [0.29, 0.717) is 0 Å². The number of rotatable bonds is 5. The van der Waals surface area contributed by atoms with Crippen LogP contribution < -0.4 is 10.6 Å². The molecule has 24 heavy (non-hydrogen) atoms.